The Balaban J connectivity index is 0.00000156. The summed E-state index contributed by atoms with van der Waals surface area (Å²) in [5.74, 6) is -0.112. The number of amides is 1. The Labute approximate surface area is 145 Å². The van der Waals surface area contributed by atoms with E-state index in [0.29, 0.717) is 17.3 Å². The van der Waals surface area contributed by atoms with Gasteiger partial charge < -0.3 is 10.6 Å². The van der Waals surface area contributed by atoms with E-state index in [9.17, 15) is 4.79 Å². The highest BCUT2D eigenvalue weighted by atomic mass is 35.5. The SMILES string of the molecule is Cl.O=C(NC1(c2cccc(Cl)c2)CC1)c1n[nH]c2c1CNCC2. The fourth-order valence-electron chi connectivity index (χ4n) is 3.09. The number of hydrogen-bond donors (Lipinski definition) is 3. The third-order valence-corrected chi connectivity index (χ3v) is 4.74. The van der Waals surface area contributed by atoms with Gasteiger partial charge in [-0.1, -0.05) is 23.7 Å². The predicted molar refractivity (Wildman–Crippen MR) is 91.1 cm³/mol. The third kappa shape index (κ3) is 2.96. The Morgan fingerprint density at radius 1 is 1.35 bits per heavy atom. The topological polar surface area (TPSA) is 69.8 Å². The van der Waals surface area contributed by atoms with Crippen LogP contribution < -0.4 is 10.6 Å². The molecule has 1 aromatic heterocycles. The standard InChI is InChI=1S/C16H17ClN4O.ClH/c17-11-3-1-2-10(8-11)16(5-6-16)19-15(22)14-12-9-18-7-4-13(12)20-21-14;/h1-3,8,18H,4-7,9H2,(H,19,22)(H,20,21);1H. The Morgan fingerprint density at radius 2 is 2.17 bits per heavy atom. The summed E-state index contributed by atoms with van der Waals surface area (Å²) >= 11 is 6.07. The van der Waals surface area contributed by atoms with Crippen molar-refractivity contribution < 1.29 is 4.79 Å². The van der Waals surface area contributed by atoms with Gasteiger partial charge in [0.1, 0.15) is 0 Å². The summed E-state index contributed by atoms with van der Waals surface area (Å²) in [6.45, 7) is 1.61. The quantitative estimate of drug-likeness (QED) is 0.794. The van der Waals surface area contributed by atoms with Crippen LogP contribution in [0, 0.1) is 0 Å². The van der Waals surface area contributed by atoms with Crippen molar-refractivity contribution in [3.63, 3.8) is 0 Å². The molecule has 0 spiro atoms. The zero-order valence-corrected chi connectivity index (χ0v) is 14.1. The lowest BCUT2D eigenvalue weighted by Crippen LogP contribution is -2.36. The molecule has 0 bridgehead atoms. The molecule has 5 nitrogen and oxygen atoms in total. The molecule has 2 aliphatic rings. The van der Waals surface area contributed by atoms with Crippen molar-refractivity contribution in [3.8, 4) is 0 Å². The molecule has 23 heavy (non-hydrogen) atoms. The number of fused-ring (bicyclic) bond motifs is 1. The van der Waals surface area contributed by atoms with Crippen LogP contribution in [-0.2, 0) is 18.5 Å². The predicted octanol–water partition coefficient (Wildman–Crippen LogP) is 2.55. The molecule has 0 radical (unpaired) electrons. The smallest absolute Gasteiger partial charge is 0.272 e. The van der Waals surface area contributed by atoms with Gasteiger partial charge >= 0.3 is 0 Å². The van der Waals surface area contributed by atoms with Crippen molar-refractivity contribution in [2.75, 3.05) is 6.54 Å². The van der Waals surface area contributed by atoms with E-state index in [4.69, 9.17) is 11.6 Å². The van der Waals surface area contributed by atoms with E-state index in [1.54, 1.807) is 0 Å². The van der Waals surface area contributed by atoms with Crippen molar-refractivity contribution in [1.82, 2.24) is 20.8 Å². The molecule has 7 heteroatoms. The molecule has 1 aliphatic heterocycles. The summed E-state index contributed by atoms with van der Waals surface area (Å²) in [5, 5.41) is 14.3. The number of aromatic nitrogens is 2. The molecule has 1 aromatic carbocycles. The second kappa shape index (κ2) is 6.15. The van der Waals surface area contributed by atoms with E-state index in [2.05, 4.69) is 20.8 Å². The van der Waals surface area contributed by atoms with Crippen molar-refractivity contribution >= 4 is 29.9 Å². The first-order valence-corrected chi connectivity index (χ1v) is 7.91. The van der Waals surface area contributed by atoms with Gasteiger partial charge in [0.05, 0.1) is 5.54 Å². The summed E-state index contributed by atoms with van der Waals surface area (Å²) in [7, 11) is 0. The third-order valence-electron chi connectivity index (χ3n) is 4.50. The minimum Gasteiger partial charge on any atom is -0.341 e. The molecule has 0 saturated heterocycles. The number of aromatic amines is 1. The van der Waals surface area contributed by atoms with E-state index in [1.807, 2.05) is 24.3 Å². The number of H-pyrrole nitrogens is 1. The van der Waals surface area contributed by atoms with Gasteiger partial charge in [-0.05, 0) is 30.5 Å². The fourth-order valence-corrected chi connectivity index (χ4v) is 3.28. The molecular formula is C16H18Cl2N4O. The molecule has 0 atom stereocenters. The van der Waals surface area contributed by atoms with Crippen molar-refractivity contribution in [3.05, 3.63) is 51.8 Å². The fraction of sp³-hybridized carbons (Fsp3) is 0.375. The molecule has 1 saturated carbocycles. The van der Waals surface area contributed by atoms with E-state index in [0.717, 1.165) is 42.6 Å². The van der Waals surface area contributed by atoms with Gasteiger partial charge in [0.25, 0.3) is 5.91 Å². The molecule has 1 aliphatic carbocycles. The van der Waals surface area contributed by atoms with Crippen LogP contribution in [0.4, 0.5) is 0 Å². The number of hydrogen-bond acceptors (Lipinski definition) is 3. The van der Waals surface area contributed by atoms with Crippen LogP contribution in [0.25, 0.3) is 0 Å². The van der Waals surface area contributed by atoms with Crippen LogP contribution in [0.15, 0.2) is 24.3 Å². The van der Waals surface area contributed by atoms with Gasteiger partial charge in [-0.2, -0.15) is 5.10 Å². The maximum atomic E-state index is 12.6. The first-order chi connectivity index (χ1) is 10.7. The lowest BCUT2D eigenvalue weighted by atomic mass is 10.0. The van der Waals surface area contributed by atoms with Gasteiger partial charge in [-0.25, -0.2) is 0 Å². The number of rotatable bonds is 3. The van der Waals surface area contributed by atoms with Crippen molar-refractivity contribution in [2.45, 2.75) is 31.3 Å². The first kappa shape index (κ1) is 16.3. The summed E-state index contributed by atoms with van der Waals surface area (Å²) < 4.78 is 0. The summed E-state index contributed by atoms with van der Waals surface area (Å²) in [4.78, 5) is 12.6. The Morgan fingerprint density at radius 3 is 2.91 bits per heavy atom. The molecule has 2 heterocycles. The van der Waals surface area contributed by atoms with Crippen LogP contribution in [0.2, 0.25) is 5.02 Å². The first-order valence-electron chi connectivity index (χ1n) is 7.53. The lowest BCUT2D eigenvalue weighted by Gasteiger charge is -2.19. The molecule has 0 unspecified atom stereocenters. The zero-order valence-electron chi connectivity index (χ0n) is 12.5. The number of nitrogens with one attached hydrogen (secondary N) is 3. The second-order valence-electron chi connectivity index (χ2n) is 6.00. The molecule has 4 rings (SSSR count). The monoisotopic (exact) mass is 352 g/mol. The van der Waals surface area contributed by atoms with Crippen LogP contribution in [0.3, 0.4) is 0 Å². The minimum absolute atomic E-state index is 0. The molecular weight excluding hydrogens is 335 g/mol. The number of nitrogens with zero attached hydrogens (tertiary/aromatic N) is 1. The molecule has 122 valence electrons. The van der Waals surface area contributed by atoms with E-state index >= 15 is 0 Å². The highest BCUT2D eigenvalue weighted by Gasteiger charge is 2.46. The van der Waals surface area contributed by atoms with Gasteiger partial charge in [-0.15, -0.1) is 12.4 Å². The normalized spacial score (nSPS) is 17.8. The van der Waals surface area contributed by atoms with Crippen molar-refractivity contribution in [1.29, 1.82) is 0 Å². The summed E-state index contributed by atoms with van der Waals surface area (Å²) in [6, 6.07) is 7.71. The Hall–Kier alpha value is -1.56. The average Bonchev–Trinajstić information content (AvgIpc) is 3.17. The van der Waals surface area contributed by atoms with Crippen molar-refractivity contribution in [2.24, 2.45) is 0 Å². The van der Waals surface area contributed by atoms with E-state index in [-0.39, 0.29) is 23.9 Å². The number of carbonyl (C=O) groups excluding carboxylic acids is 1. The Kier molecular flexibility index (Phi) is 4.36. The van der Waals surface area contributed by atoms with Gasteiger partial charge in [-0.3, -0.25) is 9.89 Å². The maximum absolute atomic E-state index is 12.6. The highest BCUT2D eigenvalue weighted by molar-refractivity contribution is 6.30. The number of carbonyl (C=O) groups is 1. The lowest BCUT2D eigenvalue weighted by molar-refractivity contribution is 0.0924. The molecule has 2 aromatic rings. The molecule has 3 N–H and O–H groups in total. The van der Waals surface area contributed by atoms with E-state index < -0.39 is 0 Å². The average molecular weight is 353 g/mol. The van der Waals surface area contributed by atoms with Crippen LogP contribution >= 0.6 is 24.0 Å². The summed E-state index contributed by atoms with van der Waals surface area (Å²) in [6.07, 6.45) is 2.75. The van der Waals surface area contributed by atoms with Crippen LogP contribution in [0.5, 0.6) is 0 Å². The number of halogens is 2. The van der Waals surface area contributed by atoms with Gasteiger partial charge in [0.2, 0.25) is 0 Å². The minimum atomic E-state index is -0.282. The highest BCUT2D eigenvalue weighted by Crippen LogP contribution is 2.46. The summed E-state index contributed by atoms with van der Waals surface area (Å²) in [5.41, 5.74) is 3.35. The zero-order chi connectivity index (χ0) is 15.2. The van der Waals surface area contributed by atoms with Crippen LogP contribution in [0.1, 0.15) is 40.2 Å². The Bertz CT molecular complexity index is 739. The molecule has 1 amide bonds. The largest absolute Gasteiger partial charge is 0.341 e. The second-order valence-corrected chi connectivity index (χ2v) is 6.44. The van der Waals surface area contributed by atoms with E-state index in [1.165, 1.54) is 0 Å². The van der Waals surface area contributed by atoms with Gasteiger partial charge in [0, 0.05) is 35.8 Å². The maximum Gasteiger partial charge on any atom is 0.272 e. The molecule has 1 fully saturated rings. The number of benzene rings is 1. The van der Waals surface area contributed by atoms with Gasteiger partial charge in [0.15, 0.2) is 5.69 Å². The van der Waals surface area contributed by atoms with Crippen LogP contribution in [-0.4, -0.2) is 22.6 Å².